The van der Waals surface area contributed by atoms with Crippen molar-refractivity contribution in [3.63, 3.8) is 0 Å². The van der Waals surface area contributed by atoms with Crippen LogP contribution >= 0.6 is 0 Å². The van der Waals surface area contributed by atoms with E-state index >= 15 is 0 Å². The molecule has 8 nitrogen and oxygen atoms in total. The molecule has 1 unspecified atom stereocenters. The van der Waals surface area contributed by atoms with Gasteiger partial charge in [0.2, 0.25) is 5.91 Å². The van der Waals surface area contributed by atoms with Crippen molar-refractivity contribution >= 4 is 32.2 Å². The standard InChI is InChI=1S/C26H30B2N4O4/c1-16(2)23(21-14-22(28-27)30-35-21)25(34)32-15-19(33)13-20(32)24-29-26(36-31-24,17-9-5-3-6-10-17)18-11-7-4-8-12-18/h3-12,14,16,19-20,23,28,33H,13,15,27H2,1-2H3,(H,29,31)/t19-,20+,23?/m1/s1. The summed E-state index contributed by atoms with van der Waals surface area (Å²) in [7, 11) is 2.73. The van der Waals surface area contributed by atoms with Crippen LogP contribution in [0.25, 0.3) is 0 Å². The summed E-state index contributed by atoms with van der Waals surface area (Å²) in [6, 6.07) is 21.0. The lowest BCUT2D eigenvalue weighted by Gasteiger charge is -2.31. The number of carbonyl (C=O) groups is 1. The lowest BCUT2D eigenvalue weighted by Crippen LogP contribution is -2.51. The minimum Gasteiger partial charge on any atom is -0.391 e. The number of hydrogen-bond donors (Lipinski definition) is 2. The number of amidine groups is 1. The highest BCUT2D eigenvalue weighted by molar-refractivity contribution is 6.97. The number of likely N-dealkylation sites (tertiary alicyclic amines) is 1. The van der Waals surface area contributed by atoms with Crippen molar-refractivity contribution in [3.8, 4) is 0 Å². The molecule has 0 aliphatic carbocycles. The highest BCUT2D eigenvalue weighted by atomic mass is 16.7. The number of nitrogens with one attached hydrogen (secondary N) is 1. The van der Waals surface area contributed by atoms with Crippen LogP contribution in [0.5, 0.6) is 0 Å². The Bertz CT molecular complexity index is 1200. The zero-order valence-corrected chi connectivity index (χ0v) is 20.8. The maximum atomic E-state index is 13.9. The molecular formula is C26H30B2N4O4. The number of aliphatic hydroxyl groups excluding tert-OH is 1. The van der Waals surface area contributed by atoms with E-state index in [1.54, 1.807) is 4.90 Å². The zero-order chi connectivity index (χ0) is 25.3. The van der Waals surface area contributed by atoms with Gasteiger partial charge in [-0.15, -0.1) is 0 Å². The first kappa shape index (κ1) is 24.2. The van der Waals surface area contributed by atoms with Crippen LogP contribution in [-0.2, 0) is 15.4 Å². The molecule has 0 spiro atoms. The first-order valence-electron chi connectivity index (χ1n) is 12.5. The molecule has 2 aromatic carbocycles. The van der Waals surface area contributed by atoms with E-state index in [9.17, 15) is 9.90 Å². The van der Waals surface area contributed by atoms with Crippen molar-refractivity contribution in [1.82, 2.24) is 15.4 Å². The van der Waals surface area contributed by atoms with Crippen LogP contribution in [0.4, 0.5) is 0 Å². The number of nitrogens with zero attached hydrogens (tertiary/aromatic N) is 3. The number of carbonyl (C=O) groups excluding carboxylic acids is 1. The van der Waals surface area contributed by atoms with Crippen molar-refractivity contribution in [1.29, 1.82) is 0 Å². The lowest BCUT2D eigenvalue weighted by molar-refractivity contribution is -0.134. The van der Waals surface area contributed by atoms with E-state index in [2.05, 4.69) is 15.6 Å². The summed E-state index contributed by atoms with van der Waals surface area (Å²) < 4.78 is 5.57. The van der Waals surface area contributed by atoms with Gasteiger partial charge in [-0.1, -0.05) is 84.8 Å². The Kier molecular flexibility index (Phi) is 6.62. The van der Waals surface area contributed by atoms with Crippen LogP contribution in [0.3, 0.4) is 0 Å². The summed E-state index contributed by atoms with van der Waals surface area (Å²) >= 11 is 0. The zero-order valence-electron chi connectivity index (χ0n) is 20.8. The molecule has 3 atom stereocenters. The van der Waals surface area contributed by atoms with Gasteiger partial charge in [-0.05, 0) is 12.0 Å². The molecule has 1 amide bonds. The molecule has 10 heteroatoms. The molecule has 184 valence electrons. The number of β-amino-alcohol motifs (C(OH)–C–C–N with tert-alkyl or cyclic N) is 1. The fourth-order valence-electron chi connectivity index (χ4n) is 5.12. The fourth-order valence-corrected chi connectivity index (χ4v) is 5.12. The van der Waals surface area contributed by atoms with Gasteiger partial charge < -0.3 is 24.7 Å². The molecule has 1 aromatic heterocycles. The topological polar surface area (TPSA) is 100 Å². The molecule has 2 aliphatic rings. The van der Waals surface area contributed by atoms with Gasteiger partial charge >= 0.3 is 0 Å². The van der Waals surface area contributed by atoms with Crippen LogP contribution in [0.2, 0.25) is 0 Å². The van der Waals surface area contributed by atoms with Crippen molar-refractivity contribution < 1.29 is 19.3 Å². The van der Waals surface area contributed by atoms with Crippen LogP contribution < -0.4 is 10.9 Å². The van der Waals surface area contributed by atoms with Crippen molar-refractivity contribution in [2.45, 2.75) is 44.1 Å². The third kappa shape index (κ3) is 4.30. The summed E-state index contributed by atoms with van der Waals surface area (Å²) in [4.78, 5) is 21.7. The summed E-state index contributed by atoms with van der Waals surface area (Å²) in [6.45, 7) is 4.19. The van der Waals surface area contributed by atoms with Gasteiger partial charge in [0.05, 0.1) is 19.9 Å². The van der Waals surface area contributed by atoms with Crippen molar-refractivity contribution in [2.24, 2.45) is 11.1 Å². The van der Waals surface area contributed by atoms with Crippen LogP contribution in [0.1, 0.15) is 43.1 Å². The number of hydrogen-bond acceptors (Lipinski definition) is 7. The third-order valence-corrected chi connectivity index (χ3v) is 7.00. The predicted molar refractivity (Wildman–Crippen MR) is 141 cm³/mol. The third-order valence-electron chi connectivity index (χ3n) is 7.00. The Morgan fingerprint density at radius 3 is 2.36 bits per heavy atom. The Labute approximate surface area is 212 Å². The van der Waals surface area contributed by atoms with Gasteiger partial charge in [-0.25, -0.2) is 0 Å². The predicted octanol–water partition coefficient (Wildman–Crippen LogP) is 0.821. The Morgan fingerprint density at radius 2 is 1.81 bits per heavy atom. The molecule has 0 radical (unpaired) electrons. The van der Waals surface area contributed by atoms with Crippen LogP contribution in [0, 0.1) is 5.92 Å². The molecule has 3 heterocycles. The van der Waals surface area contributed by atoms with E-state index in [0.29, 0.717) is 18.0 Å². The molecule has 0 bridgehead atoms. The molecule has 2 N–H and O–H groups in total. The van der Waals surface area contributed by atoms with E-state index < -0.39 is 23.8 Å². The maximum absolute atomic E-state index is 13.9. The van der Waals surface area contributed by atoms with E-state index in [4.69, 9.17) is 9.36 Å². The summed E-state index contributed by atoms with van der Waals surface area (Å²) in [5.41, 5.74) is 1.56. The van der Waals surface area contributed by atoms with Gasteiger partial charge in [0.1, 0.15) is 18.8 Å². The largest absolute Gasteiger partial charge is 0.391 e. The second-order valence-corrected chi connectivity index (χ2v) is 9.80. The summed E-state index contributed by atoms with van der Waals surface area (Å²) in [5, 5.41) is 22.7. The Balaban J connectivity index is 1.46. The van der Waals surface area contributed by atoms with Crippen LogP contribution in [0.15, 0.2) is 76.4 Å². The average molecular weight is 484 g/mol. The van der Waals surface area contributed by atoms with Gasteiger partial charge in [0.25, 0.3) is 5.72 Å². The minimum absolute atomic E-state index is 0.0176. The summed E-state index contributed by atoms with van der Waals surface area (Å²) in [5.74, 6) is 0.415. The van der Waals surface area contributed by atoms with Gasteiger partial charge in [-0.2, -0.15) is 0 Å². The lowest BCUT2D eigenvalue weighted by atomic mass is 9.53. The molecule has 5 rings (SSSR count). The molecular weight excluding hydrogens is 454 g/mol. The SMILES string of the molecule is BBc1cc(C(C(=O)N2C[C@H](O)C[C@H]2C2=NOC(c3ccccc3)(c3ccccc3)N2)C(C)C)on1. The second-order valence-electron chi connectivity index (χ2n) is 9.80. The number of benzene rings is 2. The summed E-state index contributed by atoms with van der Waals surface area (Å²) in [6.07, 6.45) is -0.303. The molecule has 0 saturated carbocycles. The minimum atomic E-state index is -1.03. The van der Waals surface area contributed by atoms with Crippen molar-refractivity contribution in [2.75, 3.05) is 6.54 Å². The monoisotopic (exact) mass is 484 g/mol. The van der Waals surface area contributed by atoms with E-state index in [1.165, 1.54) is 0 Å². The van der Waals surface area contributed by atoms with E-state index in [0.717, 1.165) is 23.9 Å². The molecule has 2 aliphatic heterocycles. The van der Waals surface area contributed by atoms with Gasteiger partial charge in [0, 0.05) is 29.7 Å². The molecule has 3 aromatic rings. The number of aliphatic hydroxyl groups is 1. The Morgan fingerprint density at radius 1 is 1.17 bits per heavy atom. The quantitative estimate of drug-likeness (QED) is 0.482. The van der Waals surface area contributed by atoms with E-state index in [1.807, 2.05) is 88.3 Å². The first-order chi connectivity index (χ1) is 17.4. The van der Waals surface area contributed by atoms with Crippen molar-refractivity contribution in [3.05, 3.63) is 83.6 Å². The first-order valence-corrected chi connectivity index (χ1v) is 12.5. The molecule has 1 fully saturated rings. The highest BCUT2D eigenvalue weighted by Gasteiger charge is 2.49. The highest BCUT2D eigenvalue weighted by Crippen LogP contribution is 2.37. The maximum Gasteiger partial charge on any atom is 0.260 e. The van der Waals surface area contributed by atoms with Crippen LogP contribution in [-0.4, -0.2) is 60.5 Å². The molecule has 36 heavy (non-hydrogen) atoms. The number of oxime groups is 1. The number of amides is 1. The molecule has 1 saturated heterocycles. The normalized spacial score (nSPS) is 21.6. The second kappa shape index (κ2) is 9.85. The fraction of sp³-hybridized carbons (Fsp3) is 0.346. The van der Waals surface area contributed by atoms with Gasteiger partial charge in [0.15, 0.2) is 5.84 Å². The van der Waals surface area contributed by atoms with Gasteiger partial charge in [-0.3, -0.25) is 4.79 Å². The smallest absolute Gasteiger partial charge is 0.260 e. The number of aromatic nitrogens is 1. The van der Waals surface area contributed by atoms with E-state index in [-0.39, 0.29) is 18.4 Å². The Hall–Kier alpha value is -3.52. The number of rotatable bonds is 7. The average Bonchev–Trinajstić information content (AvgIpc) is 3.64.